The minimum atomic E-state index is 0.120. The lowest BCUT2D eigenvalue weighted by Crippen LogP contribution is -2.07. The minimum absolute atomic E-state index is 0.120. The summed E-state index contributed by atoms with van der Waals surface area (Å²) in [4.78, 5) is 13.8. The van der Waals surface area contributed by atoms with Gasteiger partial charge in [0.1, 0.15) is 0 Å². The number of rotatable bonds is 0. The summed E-state index contributed by atoms with van der Waals surface area (Å²) in [6.07, 6.45) is 0. The molecule has 1 heterocycles. The molecule has 0 fully saturated rings. The van der Waals surface area contributed by atoms with E-state index >= 15 is 0 Å². The molecule has 0 spiro atoms. The van der Waals surface area contributed by atoms with E-state index in [0.717, 1.165) is 21.3 Å². The number of hydrogen-bond donors (Lipinski definition) is 0. The van der Waals surface area contributed by atoms with Gasteiger partial charge in [-0.05, 0) is 12.1 Å². The normalized spacial score (nSPS) is 18.2. The topological polar surface area (TPSA) is 35.5 Å². The molecule has 0 unspecified atom stereocenters. The van der Waals surface area contributed by atoms with Crippen molar-refractivity contribution in [1.29, 1.82) is 0 Å². The third-order valence-electron chi connectivity index (χ3n) is 2.40. The first-order chi connectivity index (χ1) is 8.88. The van der Waals surface area contributed by atoms with Gasteiger partial charge in [0.05, 0.1) is 36.2 Å². The zero-order valence-electron chi connectivity index (χ0n) is 10.1. The van der Waals surface area contributed by atoms with Crippen molar-refractivity contribution in [2.75, 3.05) is 37.9 Å². The van der Waals surface area contributed by atoms with Crippen molar-refractivity contribution in [3.63, 3.8) is 0 Å². The molecule has 3 nitrogen and oxygen atoms in total. The van der Waals surface area contributed by atoms with Crippen molar-refractivity contribution >= 4 is 23.5 Å². The SMILES string of the molecule is O=c1c2ccccc1SCCOCCOCCS2. The zero-order valence-corrected chi connectivity index (χ0v) is 11.7. The molecule has 2 bridgehead atoms. The molecular formula is C13H16O3S2. The molecule has 1 aromatic carbocycles. The number of thioether (sulfide) groups is 2. The quantitative estimate of drug-likeness (QED) is 0.730. The van der Waals surface area contributed by atoms with Crippen molar-refractivity contribution in [3.8, 4) is 0 Å². The second kappa shape index (κ2) is 7.84. The Morgan fingerprint density at radius 3 is 1.83 bits per heavy atom. The van der Waals surface area contributed by atoms with Crippen molar-refractivity contribution in [1.82, 2.24) is 0 Å². The molecule has 0 N–H and O–H groups in total. The lowest BCUT2D eigenvalue weighted by molar-refractivity contribution is 0.0605. The number of ether oxygens (including phenoxy) is 2. The highest BCUT2D eigenvalue weighted by atomic mass is 32.2. The highest BCUT2D eigenvalue weighted by Gasteiger charge is 2.05. The average Bonchev–Trinajstić information content (AvgIpc) is 2.53. The minimum Gasteiger partial charge on any atom is -0.378 e. The fourth-order valence-corrected chi connectivity index (χ4v) is 3.27. The van der Waals surface area contributed by atoms with Gasteiger partial charge in [-0.2, -0.15) is 0 Å². The van der Waals surface area contributed by atoms with Gasteiger partial charge in [-0.1, -0.05) is 12.1 Å². The predicted molar refractivity (Wildman–Crippen MR) is 75.8 cm³/mol. The molecule has 98 valence electrons. The molecule has 0 aromatic heterocycles. The number of hydrogen-bond acceptors (Lipinski definition) is 5. The summed E-state index contributed by atoms with van der Waals surface area (Å²) in [7, 11) is 0. The second-order valence-corrected chi connectivity index (χ2v) is 5.97. The van der Waals surface area contributed by atoms with E-state index in [-0.39, 0.29) is 5.43 Å². The maximum Gasteiger partial charge on any atom is 0.205 e. The van der Waals surface area contributed by atoms with E-state index < -0.39 is 0 Å². The Balaban J connectivity index is 2.18. The van der Waals surface area contributed by atoms with Gasteiger partial charge < -0.3 is 9.47 Å². The van der Waals surface area contributed by atoms with E-state index in [1.807, 2.05) is 24.3 Å². The Hall–Kier alpha value is -0.490. The average molecular weight is 284 g/mol. The van der Waals surface area contributed by atoms with E-state index in [4.69, 9.17) is 9.47 Å². The molecule has 0 saturated carbocycles. The molecule has 0 aliphatic carbocycles. The van der Waals surface area contributed by atoms with Crippen LogP contribution in [0.25, 0.3) is 0 Å². The Morgan fingerprint density at radius 1 is 0.833 bits per heavy atom. The smallest absolute Gasteiger partial charge is 0.205 e. The van der Waals surface area contributed by atoms with Gasteiger partial charge >= 0.3 is 0 Å². The first-order valence-electron chi connectivity index (χ1n) is 5.92. The molecule has 18 heavy (non-hydrogen) atoms. The van der Waals surface area contributed by atoms with Crippen LogP contribution in [0.15, 0.2) is 38.9 Å². The first kappa shape index (κ1) is 13.9. The summed E-state index contributed by atoms with van der Waals surface area (Å²) in [5.41, 5.74) is 0.120. The molecule has 1 aliphatic rings. The van der Waals surface area contributed by atoms with Crippen LogP contribution < -0.4 is 5.43 Å². The summed E-state index contributed by atoms with van der Waals surface area (Å²) in [6.45, 7) is 2.55. The molecule has 1 aliphatic heterocycles. The maximum atomic E-state index is 12.2. The Morgan fingerprint density at radius 2 is 1.33 bits per heavy atom. The highest BCUT2D eigenvalue weighted by molar-refractivity contribution is 8.00. The van der Waals surface area contributed by atoms with E-state index in [9.17, 15) is 4.79 Å². The molecule has 2 rings (SSSR count). The van der Waals surface area contributed by atoms with Crippen LogP contribution in [-0.4, -0.2) is 37.9 Å². The fraction of sp³-hybridized carbons (Fsp3) is 0.462. The molecule has 0 atom stereocenters. The van der Waals surface area contributed by atoms with Crippen LogP contribution in [0.4, 0.5) is 0 Å². The summed E-state index contributed by atoms with van der Waals surface area (Å²) >= 11 is 3.12. The van der Waals surface area contributed by atoms with Gasteiger partial charge in [0.15, 0.2) is 0 Å². The van der Waals surface area contributed by atoms with Gasteiger partial charge in [-0.25, -0.2) is 0 Å². The summed E-state index contributed by atoms with van der Waals surface area (Å²) < 4.78 is 10.9. The molecule has 1 aromatic rings. The summed E-state index contributed by atoms with van der Waals surface area (Å²) in [5.74, 6) is 1.59. The Kier molecular flexibility index (Phi) is 6.07. The van der Waals surface area contributed by atoms with Crippen LogP contribution in [0.2, 0.25) is 0 Å². The molecule has 5 heteroatoms. The fourth-order valence-electron chi connectivity index (χ4n) is 1.53. The maximum absolute atomic E-state index is 12.2. The van der Waals surface area contributed by atoms with E-state index in [1.54, 1.807) is 23.5 Å². The Labute approximate surface area is 115 Å². The highest BCUT2D eigenvalue weighted by Crippen LogP contribution is 2.18. The monoisotopic (exact) mass is 284 g/mol. The van der Waals surface area contributed by atoms with Crippen molar-refractivity contribution in [3.05, 3.63) is 34.5 Å². The van der Waals surface area contributed by atoms with E-state index in [2.05, 4.69) is 0 Å². The van der Waals surface area contributed by atoms with Crippen molar-refractivity contribution < 1.29 is 9.47 Å². The van der Waals surface area contributed by atoms with E-state index in [0.29, 0.717) is 26.4 Å². The molecule has 0 radical (unpaired) electrons. The predicted octanol–water partition coefficient (Wildman–Crippen LogP) is 2.28. The second-order valence-electron chi connectivity index (χ2n) is 3.70. The van der Waals surface area contributed by atoms with Gasteiger partial charge in [-0.15, -0.1) is 23.5 Å². The van der Waals surface area contributed by atoms with Crippen LogP contribution >= 0.6 is 23.5 Å². The van der Waals surface area contributed by atoms with Crippen LogP contribution in [0, 0.1) is 0 Å². The molecular weight excluding hydrogens is 268 g/mol. The Bertz CT molecular complexity index is 399. The lowest BCUT2D eigenvalue weighted by atomic mass is 10.5. The van der Waals surface area contributed by atoms with Gasteiger partial charge in [0, 0.05) is 11.5 Å². The summed E-state index contributed by atoms with van der Waals surface area (Å²) in [5, 5.41) is 0. The van der Waals surface area contributed by atoms with Crippen molar-refractivity contribution in [2.24, 2.45) is 0 Å². The zero-order chi connectivity index (χ0) is 12.6. The molecule has 0 saturated heterocycles. The van der Waals surface area contributed by atoms with Gasteiger partial charge in [0.25, 0.3) is 0 Å². The van der Waals surface area contributed by atoms with Crippen LogP contribution in [0.5, 0.6) is 0 Å². The largest absolute Gasteiger partial charge is 0.378 e. The van der Waals surface area contributed by atoms with E-state index in [1.165, 1.54) is 0 Å². The van der Waals surface area contributed by atoms with Crippen LogP contribution in [-0.2, 0) is 9.47 Å². The third kappa shape index (κ3) is 4.31. The van der Waals surface area contributed by atoms with Crippen LogP contribution in [0.3, 0.4) is 0 Å². The van der Waals surface area contributed by atoms with Crippen LogP contribution in [0.1, 0.15) is 0 Å². The first-order valence-corrected chi connectivity index (χ1v) is 7.89. The summed E-state index contributed by atoms with van der Waals surface area (Å²) in [6, 6.07) is 7.59. The lowest BCUT2D eigenvalue weighted by Gasteiger charge is -2.04. The van der Waals surface area contributed by atoms with Gasteiger partial charge in [0.2, 0.25) is 5.43 Å². The number of fused-ring (bicyclic) bond motifs is 2. The van der Waals surface area contributed by atoms with Crippen molar-refractivity contribution in [2.45, 2.75) is 9.79 Å². The molecule has 0 amide bonds. The third-order valence-corrected chi connectivity index (χ3v) is 4.40. The standard InChI is InChI=1S/C13H16O3S2/c14-13-11-3-1-2-4-12(13)18-10-8-16-6-5-15-7-9-17-11/h1-4H,5-10H2. The van der Waals surface area contributed by atoms with Gasteiger partial charge in [-0.3, -0.25) is 4.79 Å².